The van der Waals surface area contributed by atoms with Crippen LogP contribution in [0.25, 0.3) is 0 Å². The van der Waals surface area contributed by atoms with Crippen molar-refractivity contribution in [2.24, 2.45) is 0 Å². The number of nitrogens with zero attached hydrogens (tertiary/aromatic N) is 2. The lowest BCUT2D eigenvalue weighted by atomic mass is 9.72. The molecule has 196 valence electrons. The first-order valence-corrected chi connectivity index (χ1v) is 13.8. The van der Waals surface area contributed by atoms with Gasteiger partial charge in [-0.05, 0) is 74.6 Å². The average molecular weight is 499 g/mol. The van der Waals surface area contributed by atoms with E-state index in [2.05, 4.69) is 49.9 Å². The van der Waals surface area contributed by atoms with E-state index in [-0.39, 0.29) is 11.7 Å². The zero-order chi connectivity index (χ0) is 26.8. The van der Waals surface area contributed by atoms with Crippen LogP contribution in [0.3, 0.4) is 0 Å². The van der Waals surface area contributed by atoms with Gasteiger partial charge in [-0.15, -0.1) is 0 Å². The highest BCUT2D eigenvalue weighted by Gasteiger charge is 2.50. The first kappa shape index (κ1) is 28.2. The molecule has 1 heterocycles. The van der Waals surface area contributed by atoms with Gasteiger partial charge >= 0.3 is 0 Å². The first-order valence-electron chi connectivity index (χ1n) is 13.8. The minimum absolute atomic E-state index is 0.129. The Balaban J connectivity index is 0.000000214. The van der Waals surface area contributed by atoms with Gasteiger partial charge in [0.15, 0.2) is 5.78 Å². The molecule has 1 aliphatic heterocycles. The van der Waals surface area contributed by atoms with Gasteiger partial charge in [0.05, 0.1) is 0 Å². The molecule has 3 aromatic rings. The maximum atomic E-state index is 13.2. The van der Waals surface area contributed by atoms with Gasteiger partial charge in [-0.1, -0.05) is 75.7 Å². The van der Waals surface area contributed by atoms with Crippen molar-refractivity contribution in [3.63, 3.8) is 0 Å². The van der Waals surface area contributed by atoms with Crippen molar-refractivity contribution in [3.8, 4) is 0 Å². The van der Waals surface area contributed by atoms with Gasteiger partial charge in [-0.2, -0.15) is 0 Å². The van der Waals surface area contributed by atoms with Crippen LogP contribution in [0.5, 0.6) is 0 Å². The summed E-state index contributed by atoms with van der Waals surface area (Å²) in [7, 11) is 0. The van der Waals surface area contributed by atoms with Crippen LogP contribution in [0.2, 0.25) is 0 Å². The van der Waals surface area contributed by atoms with Crippen LogP contribution in [0, 0.1) is 0 Å². The van der Waals surface area contributed by atoms with Gasteiger partial charge in [0, 0.05) is 36.6 Å². The largest absolute Gasteiger partial charge is 0.372 e. The molecule has 0 spiro atoms. The maximum Gasteiger partial charge on any atom is 0.242 e. The SMILES string of the molecule is CCCC1(c2ccccc2)C(=O)N(CC)c2ccccc21.CCCN(CCC)c1ccc(C(C)=O)cc1. The predicted octanol–water partition coefficient (Wildman–Crippen LogP) is 7.65. The number of hydrogen-bond acceptors (Lipinski definition) is 3. The molecule has 1 unspecified atom stereocenters. The van der Waals surface area contributed by atoms with E-state index in [4.69, 9.17) is 0 Å². The van der Waals surface area contributed by atoms with Crippen molar-refractivity contribution in [2.75, 3.05) is 29.4 Å². The molecule has 1 aliphatic rings. The van der Waals surface area contributed by atoms with E-state index in [1.165, 1.54) is 5.69 Å². The van der Waals surface area contributed by atoms with Gasteiger partial charge in [-0.3, -0.25) is 9.59 Å². The standard InChI is InChI=1S/C19H21NO.C14H21NO/c1-3-14-19(15-10-6-5-7-11-15)16-12-8-9-13-17(16)20(4-2)18(19)21;1-4-10-15(11-5-2)14-8-6-13(7-9-14)12(3)16/h5-13H,3-4,14H2,1-2H3;6-9H,4-5,10-11H2,1-3H3. The molecule has 4 rings (SSSR count). The Morgan fingerprint density at radius 3 is 1.92 bits per heavy atom. The Hall–Kier alpha value is -3.40. The molecule has 0 radical (unpaired) electrons. The molecule has 0 saturated heterocycles. The van der Waals surface area contributed by atoms with Crippen molar-refractivity contribution < 1.29 is 9.59 Å². The van der Waals surface area contributed by atoms with E-state index >= 15 is 0 Å². The molecule has 1 atom stereocenters. The van der Waals surface area contributed by atoms with E-state index in [9.17, 15) is 9.59 Å². The molecule has 0 N–H and O–H groups in total. The molecular weight excluding hydrogens is 456 g/mol. The Labute approximate surface area is 223 Å². The summed E-state index contributed by atoms with van der Waals surface area (Å²) in [6.07, 6.45) is 4.12. The number of ketones is 1. The van der Waals surface area contributed by atoms with Gasteiger partial charge in [-0.25, -0.2) is 0 Å². The summed E-state index contributed by atoms with van der Waals surface area (Å²) >= 11 is 0. The minimum atomic E-state index is -0.511. The van der Waals surface area contributed by atoms with Crippen molar-refractivity contribution >= 4 is 23.1 Å². The first-order chi connectivity index (χ1) is 17.9. The van der Waals surface area contributed by atoms with Gasteiger partial charge in [0.2, 0.25) is 5.91 Å². The summed E-state index contributed by atoms with van der Waals surface area (Å²) in [6.45, 7) is 13.0. The molecule has 4 heteroatoms. The molecule has 0 saturated carbocycles. The molecule has 4 nitrogen and oxygen atoms in total. The van der Waals surface area contributed by atoms with Crippen LogP contribution >= 0.6 is 0 Å². The van der Waals surface area contributed by atoms with E-state index < -0.39 is 5.41 Å². The summed E-state index contributed by atoms with van der Waals surface area (Å²) < 4.78 is 0. The van der Waals surface area contributed by atoms with Crippen LogP contribution in [0.1, 0.15) is 81.8 Å². The Morgan fingerprint density at radius 1 is 0.784 bits per heavy atom. The van der Waals surface area contributed by atoms with E-state index in [0.717, 1.165) is 61.2 Å². The smallest absolute Gasteiger partial charge is 0.242 e. The number of fused-ring (bicyclic) bond motifs is 1. The number of amides is 1. The summed E-state index contributed by atoms with van der Waals surface area (Å²) in [4.78, 5) is 28.7. The van der Waals surface area contributed by atoms with Crippen LogP contribution in [-0.2, 0) is 10.2 Å². The lowest BCUT2D eigenvalue weighted by molar-refractivity contribution is -0.122. The molecule has 1 amide bonds. The molecule has 0 bridgehead atoms. The second-order valence-electron chi connectivity index (χ2n) is 9.68. The van der Waals surface area contributed by atoms with Crippen molar-refractivity contribution in [2.45, 2.75) is 65.7 Å². The zero-order valence-corrected chi connectivity index (χ0v) is 23.2. The summed E-state index contributed by atoms with van der Waals surface area (Å²) in [5.74, 6) is 0.350. The third-order valence-electron chi connectivity index (χ3n) is 7.10. The number of hydrogen-bond donors (Lipinski definition) is 0. The highest BCUT2D eigenvalue weighted by molar-refractivity contribution is 6.10. The summed E-state index contributed by atoms with van der Waals surface area (Å²) in [5, 5.41) is 0. The van der Waals surface area contributed by atoms with Crippen LogP contribution in [0.15, 0.2) is 78.9 Å². The Kier molecular flexibility index (Phi) is 10.1. The summed E-state index contributed by atoms with van der Waals surface area (Å²) in [5.41, 5.74) is 4.83. The van der Waals surface area contributed by atoms with Gasteiger partial charge in [0.25, 0.3) is 0 Å². The number of para-hydroxylation sites is 1. The second-order valence-corrected chi connectivity index (χ2v) is 9.68. The van der Waals surface area contributed by atoms with Crippen LogP contribution in [0.4, 0.5) is 11.4 Å². The Morgan fingerprint density at radius 2 is 1.38 bits per heavy atom. The lowest BCUT2D eigenvalue weighted by Gasteiger charge is -2.29. The minimum Gasteiger partial charge on any atom is -0.372 e. The van der Waals surface area contributed by atoms with Crippen LogP contribution in [-0.4, -0.2) is 31.3 Å². The number of anilines is 2. The highest BCUT2D eigenvalue weighted by atomic mass is 16.2. The quantitative estimate of drug-likeness (QED) is 0.270. The molecule has 0 aliphatic carbocycles. The monoisotopic (exact) mass is 498 g/mol. The van der Waals surface area contributed by atoms with Crippen molar-refractivity contribution in [1.29, 1.82) is 0 Å². The van der Waals surface area contributed by atoms with Gasteiger partial charge in [0.1, 0.15) is 5.41 Å². The van der Waals surface area contributed by atoms with E-state index in [1.54, 1.807) is 6.92 Å². The predicted molar refractivity (Wildman–Crippen MR) is 156 cm³/mol. The third kappa shape index (κ3) is 5.95. The second kappa shape index (κ2) is 13.2. The number of benzene rings is 3. The van der Waals surface area contributed by atoms with E-state index in [1.807, 2.05) is 66.4 Å². The average Bonchev–Trinajstić information content (AvgIpc) is 3.17. The maximum absolute atomic E-state index is 13.2. The Bertz CT molecular complexity index is 1150. The lowest BCUT2D eigenvalue weighted by Crippen LogP contribution is -2.41. The molecule has 37 heavy (non-hydrogen) atoms. The fourth-order valence-electron chi connectivity index (χ4n) is 5.42. The van der Waals surface area contributed by atoms with Gasteiger partial charge < -0.3 is 9.80 Å². The molecule has 0 fully saturated rings. The third-order valence-corrected chi connectivity index (χ3v) is 7.10. The number of rotatable bonds is 10. The highest BCUT2D eigenvalue weighted by Crippen LogP contribution is 2.48. The topological polar surface area (TPSA) is 40.6 Å². The van der Waals surface area contributed by atoms with Crippen molar-refractivity contribution in [3.05, 3.63) is 95.6 Å². The number of Topliss-reactive ketones (excluding diaryl/α,β-unsaturated/α-hetero) is 1. The van der Waals surface area contributed by atoms with Crippen LogP contribution < -0.4 is 9.80 Å². The number of carbonyl (C=O) groups is 2. The molecule has 0 aromatic heterocycles. The number of carbonyl (C=O) groups excluding carboxylic acids is 2. The normalized spacial score (nSPS) is 16.1. The zero-order valence-electron chi connectivity index (χ0n) is 23.2. The number of likely N-dealkylation sites (N-methyl/N-ethyl adjacent to an activating group) is 1. The van der Waals surface area contributed by atoms with E-state index in [0.29, 0.717) is 6.54 Å². The molecule has 3 aromatic carbocycles. The fraction of sp³-hybridized carbons (Fsp3) is 0.394. The fourth-order valence-corrected chi connectivity index (χ4v) is 5.42. The van der Waals surface area contributed by atoms with Crippen molar-refractivity contribution in [1.82, 2.24) is 0 Å². The summed E-state index contributed by atoms with van der Waals surface area (Å²) in [6, 6.07) is 26.4. The molecular formula is C33H42N2O2.